The first-order valence-corrected chi connectivity index (χ1v) is 7.59. The first-order valence-electron chi connectivity index (χ1n) is 6.96. The van der Waals surface area contributed by atoms with Crippen molar-refractivity contribution < 1.29 is 4.92 Å². The largest absolute Gasteiger partial charge is 0.270 e. The standard InChI is InChI=1S/C14H18N4O2S/c19-18(20)13-7-5-6-12(10-13)14-15-11-17(16-14)8-3-1-2-4-9-21/h5-7,10-11,21H,1-4,8-9H2. The monoisotopic (exact) mass is 306 g/mol. The number of aromatic nitrogens is 3. The van der Waals surface area contributed by atoms with E-state index in [4.69, 9.17) is 0 Å². The number of nitrogens with zero attached hydrogens (tertiary/aromatic N) is 4. The topological polar surface area (TPSA) is 73.8 Å². The quantitative estimate of drug-likeness (QED) is 0.351. The number of aryl methyl sites for hydroxylation is 1. The van der Waals surface area contributed by atoms with E-state index >= 15 is 0 Å². The van der Waals surface area contributed by atoms with Crippen LogP contribution in [0.1, 0.15) is 25.7 Å². The number of hydrogen-bond donors (Lipinski definition) is 1. The summed E-state index contributed by atoms with van der Waals surface area (Å²) < 4.78 is 1.79. The highest BCUT2D eigenvalue weighted by Crippen LogP contribution is 2.20. The van der Waals surface area contributed by atoms with Crippen molar-refractivity contribution in [2.45, 2.75) is 32.2 Å². The van der Waals surface area contributed by atoms with Gasteiger partial charge in [0.2, 0.25) is 0 Å². The summed E-state index contributed by atoms with van der Waals surface area (Å²) in [4.78, 5) is 14.6. The van der Waals surface area contributed by atoms with Crippen molar-refractivity contribution in [2.75, 3.05) is 5.75 Å². The Balaban J connectivity index is 1.96. The third kappa shape index (κ3) is 4.56. The van der Waals surface area contributed by atoms with Crippen LogP contribution in [0, 0.1) is 10.1 Å². The molecule has 0 radical (unpaired) electrons. The molecule has 0 saturated heterocycles. The zero-order chi connectivity index (χ0) is 15.1. The Labute approximate surface area is 128 Å². The molecule has 0 saturated carbocycles. The van der Waals surface area contributed by atoms with Crippen molar-refractivity contribution in [3.8, 4) is 11.4 Å². The van der Waals surface area contributed by atoms with E-state index in [0.29, 0.717) is 11.4 Å². The van der Waals surface area contributed by atoms with Crippen LogP contribution in [0.15, 0.2) is 30.6 Å². The lowest BCUT2D eigenvalue weighted by atomic mass is 10.2. The van der Waals surface area contributed by atoms with E-state index in [-0.39, 0.29) is 5.69 Å². The van der Waals surface area contributed by atoms with E-state index < -0.39 is 4.92 Å². The van der Waals surface area contributed by atoms with Gasteiger partial charge in [0.25, 0.3) is 5.69 Å². The second kappa shape index (κ2) is 7.78. The van der Waals surface area contributed by atoms with Gasteiger partial charge in [0.1, 0.15) is 6.33 Å². The minimum atomic E-state index is -0.415. The van der Waals surface area contributed by atoms with Crippen LogP contribution >= 0.6 is 12.6 Å². The molecule has 0 aliphatic heterocycles. The van der Waals surface area contributed by atoms with Crippen LogP contribution in [0.2, 0.25) is 0 Å². The van der Waals surface area contributed by atoms with E-state index in [1.807, 2.05) is 0 Å². The summed E-state index contributed by atoms with van der Waals surface area (Å²) in [6, 6.07) is 6.37. The number of nitro groups is 1. The van der Waals surface area contributed by atoms with Gasteiger partial charge in [-0.2, -0.15) is 17.7 Å². The van der Waals surface area contributed by atoms with E-state index in [9.17, 15) is 10.1 Å². The molecule has 2 rings (SSSR count). The first kappa shape index (κ1) is 15.5. The van der Waals surface area contributed by atoms with Gasteiger partial charge in [-0.3, -0.25) is 14.8 Å². The molecule has 0 N–H and O–H groups in total. The lowest BCUT2D eigenvalue weighted by Crippen LogP contribution is -1.99. The van der Waals surface area contributed by atoms with Crippen molar-refractivity contribution in [3.63, 3.8) is 0 Å². The van der Waals surface area contributed by atoms with Gasteiger partial charge in [-0.05, 0) is 18.6 Å². The molecule has 2 aromatic rings. The van der Waals surface area contributed by atoms with E-state index in [2.05, 4.69) is 22.7 Å². The average Bonchev–Trinajstić information content (AvgIpc) is 2.96. The third-order valence-corrected chi connectivity index (χ3v) is 3.46. The summed E-state index contributed by atoms with van der Waals surface area (Å²) >= 11 is 4.18. The molecule has 1 aromatic heterocycles. The zero-order valence-electron chi connectivity index (χ0n) is 11.7. The van der Waals surface area contributed by atoms with Gasteiger partial charge >= 0.3 is 0 Å². The average molecular weight is 306 g/mol. The van der Waals surface area contributed by atoms with E-state index in [1.54, 1.807) is 23.1 Å². The second-order valence-electron chi connectivity index (χ2n) is 4.78. The Hall–Kier alpha value is -1.89. The van der Waals surface area contributed by atoms with Gasteiger partial charge in [0.05, 0.1) is 4.92 Å². The number of hydrogen-bond acceptors (Lipinski definition) is 5. The Morgan fingerprint density at radius 1 is 1.24 bits per heavy atom. The van der Waals surface area contributed by atoms with Crippen LogP contribution in [-0.2, 0) is 6.54 Å². The molecule has 0 unspecified atom stereocenters. The number of unbranched alkanes of at least 4 members (excludes halogenated alkanes) is 3. The van der Waals surface area contributed by atoms with E-state index in [0.717, 1.165) is 31.6 Å². The lowest BCUT2D eigenvalue weighted by molar-refractivity contribution is -0.384. The predicted octanol–water partition coefficient (Wildman–Crippen LogP) is 3.34. The molecule has 0 amide bonds. The summed E-state index contributed by atoms with van der Waals surface area (Å²) in [5, 5.41) is 15.1. The molecule has 7 heteroatoms. The second-order valence-corrected chi connectivity index (χ2v) is 5.22. The first-order chi connectivity index (χ1) is 10.2. The highest BCUT2D eigenvalue weighted by atomic mass is 32.1. The number of thiol groups is 1. The lowest BCUT2D eigenvalue weighted by Gasteiger charge is -2.00. The molecule has 0 bridgehead atoms. The fourth-order valence-electron chi connectivity index (χ4n) is 2.03. The third-order valence-electron chi connectivity index (χ3n) is 3.15. The van der Waals surface area contributed by atoms with Gasteiger partial charge < -0.3 is 0 Å². The Bertz CT molecular complexity index is 600. The van der Waals surface area contributed by atoms with Crippen molar-refractivity contribution in [1.82, 2.24) is 14.8 Å². The van der Waals surface area contributed by atoms with Crippen molar-refractivity contribution in [1.29, 1.82) is 0 Å². The molecule has 0 spiro atoms. The molecule has 21 heavy (non-hydrogen) atoms. The molecule has 0 aliphatic carbocycles. The maximum absolute atomic E-state index is 10.8. The Morgan fingerprint density at radius 3 is 2.81 bits per heavy atom. The highest BCUT2D eigenvalue weighted by Gasteiger charge is 2.10. The van der Waals surface area contributed by atoms with Crippen LogP contribution in [0.4, 0.5) is 5.69 Å². The molecule has 6 nitrogen and oxygen atoms in total. The fourth-order valence-corrected chi connectivity index (χ4v) is 2.26. The summed E-state index contributed by atoms with van der Waals surface area (Å²) in [5.74, 6) is 1.45. The Morgan fingerprint density at radius 2 is 2.05 bits per heavy atom. The van der Waals surface area contributed by atoms with Gasteiger partial charge in [-0.15, -0.1) is 0 Å². The van der Waals surface area contributed by atoms with Crippen molar-refractivity contribution in [3.05, 3.63) is 40.7 Å². The van der Waals surface area contributed by atoms with Crippen molar-refractivity contribution in [2.24, 2.45) is 0 Å². The molecule has 112 valence electrons. The maximum atomic E-state index is 10.8. The SMILES string of the molecule is O=[N+]([O-])c1cccc(-c2ncn(CCCCCCS)n2)c1. The van der Waals surface area contributed by atoms with Gasteiger partial charge in [-0.1, -0.05) is 25.0 Å². The van der Waals surface area contributed by atoms with E-state index in [1.165, 1.54) is 18.6 Å². The normalized spacial score (nSPS) is 10.7. The number of benzene rings is 1. The molecular formula is C14H18N4O2S. The molecule has 1 aromatic carbocycles. The molecule has 1 heterocycles. The molecule has 0 aliphatic rings. The van der Waals surface area contributed by atoms with Crippen molar-refractivity contribution >= 4 is 18.3 Å². The molecular weight excluding hydrogens is 288 g/mol. The van der Waals surface area contributed by atoms with Gasteiger partial charge in [0.15, 0.2) is 5.82 Å². The smallest absolute Gasteiger partial charge is 0.258 e. The van der Waals surface area contributed by atoms with Gasteiger partial charge in [-0.25, -0.2) is 4.98 Å². The minimum Gasteiger partial charge on any atom is -0.258 e. The van der Waals surface area contributed by atoms with Crippen LogP contribution in [0.25, 0.3) is 11.4 Å². The van der Waals surface area contributed by atoms with Crippen LogP contribution in [0.3, 0.4) is 0 Å². The fraction of sp³-hybridized carbons (Fsp3) is 0.429. The molecule has 0 fully saturated rings. The summed E-state index contributed by atoms with van der Waals surface area (Å²) in [7, 11) is 0. The molecule has 0 atom stereocenters. The van der Waals surface area contributed by atoms with Crippen LogP contribution in [-0.4, -0.2) is 25.4 Å². The predicted molar refractivity (Wildman–Crippen MR) is 84.4 cm³/mol. The number of rotatable bonds is 8. The Kier molecular flexibility index (Phi) is 5.74. The van der Waals surface area contributed by atoms with Crippen LogP contribution in [0.5, 0.6) is 0 Å². The minimum absolute atomic E-state index is 0.0515. The van der Waals surface area contributed by atoms with Crippen LogP contribution < -0.4 is 0 Å². The summed E-state index contributed by atoms with van der Waals surface area (Å²) in [6.45, 7) is 0.814. The summed E-state index contributed by atoms with van der Waals surface area (Å²) in [6.07, 6.45) is 6.18. The number of non-ortho nitro benzene ring substituents is 1. The maximum Gasteiger partial charge on any atom is 0.270 e. The number of nitro benzene ring substituents is 1. The zero-order valence-corrected chi connectivity index (χ0v) is 12.6. The van der Waals surface area contributed by atoms with Gasteiger partial charge in [0, 0.05) is 24.2 Å². The highest BCUT2D eigenvalue weighted by molar-refractivity contribution is 7.80. The summed E-state index contributed by atoms with van der Waals surface area (Å²) in [5.41, 5.74) is 0.716.